The molecular weight excluding hydrogens is 212 g/mol. The van der Waals surface area contributed by atoms with Crippen molar-refractivity contribution in [2.24, 2.45) is 0 Å². The highest BCUT2D eigenvalue weighted by molar-refractivity contribution is 6.95. The molecule has 0 aliphatic rings. The quantitative estimate of drug-likeness (QED) is 0.448. The zero-order chi connectivity index (χ0) is 11.9. The normalized spacial score (nSPS) is 14.3. The Bertz CT molecular complexity index is 201. The smallest absolute Gasteiger partial charge is 0.0485 e. The summed E-state index contributed by atoms with van der Waals surface area (Å²) in [5.74, 6) is 0. The van der Waals surface area contributed by atoms with Gasteiger partial charge in [0.2, 0.25) is 0 Å². The lowest BCUT2D eigenvalue weighted by atomic mass is 10.6. The van der Waals surface area contributed by atoms with Crippen LogP contribution in [-0.4, -0.2) is 16.1 Å². The standard InChI is InChI=1S/C13H28Si2/c1-7-9-11-14(3,4)13-15(5,6)12-10-8-2/h7-10H,11-13H2,1-6H3/b9-7+,10-8+. The van der Waals surface area contributed by atoms with Crippen molar-refractivity contribution in [3.05, 3.63) is 24.3 Å². The van der Waals surface area contributed by atoms with Crippen LogP contribution in [0.3, 0.4) is 0 Å². The minimum absolute atomic E-state index is 0.969. The van der Waals surface area contributed by atoms with E-state index in [1.54, 1.807) is 5.67 Å². The van der Waals surface area contributed by atoms with Gasteiger partial charge in [-0.1, -0.05) is 56.2 Å². The second-order valence-corrected chi connectivity index (χ2v) is 16.9. The molecule has 0 heterocycles. The summed E-state index contributed by atoms with van der Waals surface area (Å²) < 4.78 is 0. The SMILES string of the molecule is C/C=C/C[Si](C)(C)C[Si](C)(C)C/C=C/C. The minimum atomic E-state index is -0.969. The fourth-order valence-electron chi connectivity index (χ4n) is 2.31. The number of hydrogen-bond donors (Lipinski definition) is 0. The molecule has 2 heteroatoms. The van der Waals surface area contributed by atoms with E-state index in [1.807, 2.05) is 0 Å². The van der Waals surface area contributed by atoms with Gasteiger partial charge in [-0.25, -0.2) is 0 Å². The Hall–Kier alpha value is -0.0862. The first kappa shape index (κ1) is 14.9. The molecule has 0 radical (unpaired) electrons. The summed E-state index contributed by atoms with van der Waals surface area (Å²) in [5.41, 5.74) is 1.55. The third-order valence-corrected chi connectivity index (χ3v) is 13.1. The van der Waals surface area contributed by atoms with Crippen molar-refractivity contribution in [3.8, 4) is 0 Å². The van der Waals surface area contributed by atoms with Gasteiger partial charge in [-0.3, -0.25) is 0 Å². The number of allylic oxidation sites excluding steroid dienone is 4. The molecule has 0 fully saturated rings. The van der Waals surface area contributed by atoms with E-state index in [0.717, 1.165) is 0 Å². The second kappa shape index (κ2) is 6.49. The highest BCUT2D eigenvalue weighted by Gasteiger charge is 2.29. The molecular formula is C13H28Si2. The first-order valence-electron chi connectivity index (χ1n) is 6.05. The largest absolute Gasteiger partial charge is 0.0919 e. The Kier molecular flexibility index (Phi) is 6.45. The highest BCUT2D eigenvalue weighted by Crippen LogP contribution is 2.26. The van der Waals surface area contributed by atoms with Crippen LogP contribution in [0.5, 0.6) is 0 Å². The van der Waals surface area contributed by atoms with E-state index in [2.05, 4.69) is 64.3 Å². The van der Waals surface area contributed by atoms with Gasteiger partial charge in [0.1, 0.15) is 0 Å². The molecule has 0 saturated heterocycles. The Labute approximate surface area is 98.5 Å². The van der Waals surface area contributed by atoms with E-state index in [-0.39, 0.29) is 0 Å². The summed E-state index contributed by atoms with van der Waals surface area (Å²) in [4.78, 5) is 0. The van der Waals surface area contributed by atoms with E-state index in [9.17, 15) is 0 Å². The monoisotopic (exact) mass is 240 g/mol. The van der Waals surface area contributed by atoms with Gasteiger partial charge in [-0.05, 0) is 25.9 Å². The molecule has 0 rings (SSSR count). The van der Waals surface area contributed by atoms with Crippen molar-refractivity contribution in [2.75, 3.05) is 0 Å². The van der Waals surface area contributed by atoms with Crippen LogP contribution in [0.2, 0.25) is 43.9 Å². The Morgan fingerprint density at radius 3 is 1.33 bits per heavy atom. The van der Waals surface area contributed by atoms with E-state index < -0.39 is 16.1 Å². The van der Waals surface area contributed by atoms with Gasteiger partial charge in [0.15, 0.2) is 0 Å². The molecule has 0 aliphatic heterocycles. The van der Waals surface area contributed by atoms with Crippen molar-refractivity contribution >= 4 is 16.1 Å². The van der Waals surface area contributed by atoms with E-state index in [1.165, 1.54) is 12.1 Å². The number of rotatable bonds is 6. The Balaban J connectivity index is 4.28. The molecule has 0 aromatic carbocycles. The Morgan fingerprint density at radius 1 is 0.733 bits per heavy atom. The molecule has 15 heavy (non-hydrogen) atoms. The molecule has 0 N–H and O–H groups in total. The maximum absolute atomic E-state index is 2.54. The summed E-state index contributed by atoms with van der Waals surface area (Å²) in [6, 6.07) is 2.71. The third-order valence-electron chi connectivity index (χ3n) is 2.77. The van der Waals surface area contributed by atoms with Crippen molar-refractivity contribution in [2.45, 2.75) is 57.8 Å². The van der Waals surface area contributed by atoms with Crippen LogP contribution in [-0.2, 0) is 0 Å². The van der Waals surface area contributed by atoms with E-state index >= 15 is 0 Å². The number of hydrogen-bond acceptors (Lipinski definition) is 0. The molecule has 0 amide bonds. The van der Waals surface area contributed by atoms with Gasteiger partial charge < -0.3 is 0 Å². The van der Waals surface area contributed by atoms with Crippen molar-refractivity contribution in [1.82, 2.24) is 0 Å². The zero-order valence-electron chi connectivity index (χ0n) is 11.4. The van der Waals surface area contributed by atoms with Gasteiger partial charge in [0, 0.05) is 16.1 Å². The van der Waals surface area contributed by atoms with Gasteiger partial charge in [0.25, 0.3) is 0 Å². The Morgan fingerprint density at radius 2 is 1.07 bits per heavy atom. The van der Waals surface area contributed by atoms with Gasteiger partial charge in [-0.15, -0.1) is 0 Å². The lowest BCUT2D eigenvalue weighted by Gasteiger charge is -2.31. The highest BCUT2D eigenvalue weighted by atomic mass is 28.4. The van der Waals surface area contributed by atoms with Crippen LogP contribution in [0.4, 0.5) is 0 Å². The molecule has 0 aliphatic carbocycles. The lowest BCUT2D eigenvalue weighted by molar-refractivity contribution is 1.38. The van der Waals surface area contributed by atoms with Gasteiger partial charge in [-0.2, -0.15) is 0 Å². The van der Waals surface area contributed by atoms with E-state index in [0.29, 0.717) is 0 Å². The summed E-state index contributed by atoms with van der Waals surface area (Å²) in [6.45, 7) is 14.4. The predicted octanol–water partition coefficient (Wildman–Crippen LogP) is 5.09. The van der Waals surface area contributed by atoms with Crippen LogP contribution in [0.15, 0.2) is 24.3 Å². The minimum Gasteiger partial charge on any atom is -0.0919 e. The van der Waals surface area contributed by atoms with Crippen molar-refractivity contribution in [3.63, 3.8) is 0 Å². The second-order valence-electron chi connectivity index (χ2n) is 6.05. The van der Waals surface area contributed by atoms with Crippen LogP contribution in [0, 0.1) is 0 Å². The van der Waals surface area contributed by atoms with Crippen LogP contribution >= 0.6 is 0 Å². The fourth-order valence-corrected chi connectivity index (χ4v) is 15.6. The molecule has 0 unspecified atom stereocenters. The van der Waals surface area contributed by atoms with Crippen LogP contribution < -0.4 is 0 Å². The topological polar surface area (TPSA) is 0 Å². The molecule has 0 saturated carbocycles. The molecule has 0 aromatic rings. The molecule has 0 nitrogen and oxygen atoms in total. The summed E-state index contributed by atoms with van der Waals surface area (Å²) in [7, 11) is -1.94. The summed E-state index contributed by atoms with van der Waals surface area (Å²) >= 11 is 0. The van der Waals surface area contributed by atoms with Gasteiger partial charge in [0.05, 0.1) is 0 Å². The third kappa shape index (κ3) is 7.80. The molecule has 0 atom stereocenters. The first-order chi connectivity index (χ1) is 6.83. The van der Waals surface area contributed by atoms with Crippen LogP contribution in [0.1, 0.15) is 13.8 Å². The van der Waals surface area contributed by atoms with Crippen molar-refractivity contribution < 1.29 is 0 Å². The molecule has 0 aromatic heterocycles. The molecule has 0 spiro atoms. The summed E-state index contributed by atoms with van der Waals surface area (Å²) in [5, 5.41) is 0. The van der Waals surface area contributed by atoms with E-state index in [4.69, 9.17) is 0 Å². The average Bonchev–Trinajstić information content (AvgIpc) is 2.10. The lowest BCUT2D eigenvalue weighted by Crippen LogP contribution is -2.38. The first-order valence-corrected chi connectivity index (χ1v) is 12.9. The maximum atomic E-state index is 2.54. The van der Waals surface area contributed by atoms with Crippen LogP contribution in [0.25, 0.3) is 0 Å². The molecule has 88 valence electrons. The predicted molar refractivity (Wildman–Crippen MR) is 79.0 cm³/mol. The fraction of sp³-hybridized carbons (Fsp3) is 0.692. The van der Waals surface area contributed by atoms with Crippen molar-refractivity contribution in [1.29, 1.82) is 0 Å². The van der Waals surface area contributed by atoms with Gasteiger partial charge >= 0.3 is 0 Å². The molecule has 0 bridgehead atoms. The average molecular weight is 241 g/mol. The summed E-state index contributed by atoms with van der Waals surface area (Å²) in [6.07, 6.45) is 9.14. The maximum Gasteiger partial charge on any atom is 0.0485 e. The zero-order valence-corrected chi connectivity index (χ0v) is 13.4.